The van der Waals surface area contributed by atoms with E-state index in [1.807, 2.05) is 13.8 Å². The summed E-state index contributed by atoms with van der Waals surface area (Å²) in [6.07, 6.45) is 1.19. The van der Waals surface area contributed by atoms with Gasteiger partial charge in [-0.1, -0.05) is 19.9 Å². The lowest BCUT2D eigenvalue weighted by molar-refractivity contribution is -0.121. The maximum absolute atomic E-state index is 13.0. The van der Waals surface area contributed by atoms with Gasteiger partial charge in [-0.3, -0.25) is 4.79 Å². The Hall–Kier alpha value is -1.49. The summed E-state index contributed by atoms with van der Waals surface area (Å²) in [5, 5.41) is 11.7. The van der Waals surface area contributed by atoms with Gasteiger partial charge in [0.2, 0.25) is 5.91 Å². The van der Waals surface area contributed by atoms with Gasteiger partial charge in [0, 0.05) is 19.6 Å². The zero-order valence-electron chi connectivity index (χ0n) is 11.9. The third-order valence-corrected chi connectivity index (χ3v) is 3.18. The lowest BCUT2D eigenvalue weighted by Crippen LogP contribution is -2.34. The topological polar surface area (TPSA) is 49.3 Å². The normalized spacial score (nSPS) is 11.4. The van der Waals surface area contributed by atoms with Gasteiger partial charge in [0.15, 0.2) is 11.6 Å². The van der Waals surface area contributed by atoms with E-state index in [9.17, 15) is 13.6 Å². The second-order valence-corrected chi connectivity index (χ2v) is 5.66. The van der Waals surface area contributed by atoms with Crippen LogP contribution in [-0.2, 0) is 11.2 Å². The molecule has 2 N–H and O–H groups in total. The largest absolute Gasteiger partial charge is 0.396 e. The van der Waals surface area contributed by atoms with Crippen LogP contribution < -0.4 is 5.32 Å². The summed E-state index contributed by atoms with van der Waals surface area (Å²) in [6.45, 7) is 4.47. The molecular weight excluding hydrogens is 264 g/mol. The van der Waals surface area contributed by atoms with Crippen molar-refractivity contribution in [1.82, 2.24) is 5.32 Å². The van der Waals surface area contributed by atoms with Crippen LogP contribution in [0, 0.1) is 17.0 Å². The number of aliphatic hydroxyl groups is 1. The number of hydrogen-bond donors (Lipinski definition) is 2. The van der Waals surface area contributed by atoms with Crippen LogP contribution in [-0.4, -0.2) is 24.2 Å². The van der Waals surface area contributed by atoms with Crippen LogP contribution in [0.15, 0.2) is 18.2 Å². The third kappa shape index (κ3) is 5.65. The highest BCUT2D eigenvalue weighted by Gasteiger charge is 2.18. The molecule has 0 radical (unpaired) electrons. The van der Waals surface area contributed by atoms with E-state index in [1.165, 1.54) is 6.07 Å². The second kappa shape index (κ2) is 7.33. The molecule has 0 atom stereocenters. The molecule has 0 heterocycles. The summed E-state index contributed by atoms with van der Waals surface area (Å²) in [6, 6.07) is 3.65. The van der Waals surface area contributed by atoms with Crippen molar-refractivity contribution in [2.24, 2.45) is 5.41 Å². The van der Waals surface area contributed by atoms with Gasteiger partial charge in [0.25, 0.3) is 0 Å². The van der Waals surface area contributed by atoms with Crippen LogP contribution in [0.25, 0.3) is 0 Å². The van der Waals surface area contributed by atoms with Gasteiger partial charge in [0.05, 0.1) is 0 Å². The number of rotatable bonds is 7. The van der Waals surface area contributed by atoms with Crippen LogP contribution in [0.1, 0.15) is 32.3 Å². The summed E-state index contributed by atoms with van der Waals surface area (Å²) < 4.78 is 25.7. The molecule has 1 rings (SSSR count). The van der Waals surface area contributed by atoms with Crippen LogP contribution >= 0.6 is 0 Å². The maximum Gasteiger partial charge on any atom is 0.220 e. The maximum atomic E-state index is 13.0. The van der Waals surface area contributed by atoms with E-state index < -0.39 is 11.6 Å². The Labute approximate surface area is 118 Å². The number of carbonyl (C=O) groups excluding carboxylic acids is 1. The second-order valence-electron chi connectivity index (χ2n) is 5.66. The lowest BCUT2D eigenvalue weighted by Gasteiger charge is -2.23. The molecular formula is C15H21F2NO2. The molecule has 112 valence electrons. The molecule has 1 amide bonds. The number of amides is 1. The van der Waals surface area contributed by atoms with E-state index in [0.29, 0.717) is 24.9 Å². The molecule has 3 nitrogen and oxygen atoms in total. The Kier molecular flexibility index (Phi) is 6.07. The fourth-order valence-corrected chi connectivity index (χ4v) is 1.77. The number of nitrogens with one attached hydrogen (secondary N) is 1. The number of benzene rings is 1. The van der Waals surface area contributed by atoms with Gasteiger partial charge in [0.1, 0.15) is 0 Å². The molecule has 0 aliphatic carbocycles. The molecule has 0 aliphatic rings. The molecule has 1 aromatic rings. The standard InChI is InChI=1S/C15H21F2NO2/c1-15(2,7-8-19)10-18-14(20)6-4-11-3-5-12(16)13(17)9-11/h3,5,9,19H,4,6-8,10H2,1-2H3,(H,18,20). The smallest absolute Gasteiger partial charge is 0.220 e. The lowest BCUT2D eigenvalue weighted by atomic mass is 9.90. The quantitative estimate of drug-likeness (QED) is 0.808. The first-order valence-electron chi connectivity index (χ1n) is 6.65. The first-order valence-corrected chi connectivity index (χ1v) is 6.65. The third-order valence-electron chi connectivity index (χ3n) is 3.18. The molecule has 1 aromatic carbocycles. The molecule has 0 spiro atoms. The number of halogens is 2. The molecule has 0 saturated carbocycles. The minimum Gasteiger partial charge on any atom is -0.396 e. The van der Waals surface area contributed by atoms with Gasteiger partial charge in [-0.15, -0.1) is 0 Å². The highest BCUT2D eigenvalue weighted by atomic mass is 19.2. The van der Waals surface area contributed by atoms with Crippen molar-refractivity contribution in [2.45, 2.75) is 33.1 Å². The van der Waals surface area contributed by atoms with Crippen molar-refractivity contribution >= 4 is 5.91 Å². The Morgan fingerprint density at radius 3 is 2.60 bits per heavy atom. The summed E-state index contributed by atoms with van der Waals surface area (Å²) in [4.78, 5) is 11.7. The average Bonchev–Trinajstić information content (AvgIpc) is 2.38. The van der Waals surface area contributed by atoms with Crippen molar-refractivity contribution in [1.29, 1.82) is 0 Å². The first kappa shape index (κ1) is 16.6. The van der Waals surface area contributed by atoms with E-state index in [-0.39, 0.29) is 24.3 Å². The number of aliphatic hydroxyl groups excluding tert-OH is 1. The van der Waals surface area contributed by atoms with E-state index in [2.05, 4.69) is 5.32 Å². The van der Waals surface area contributed by atoms with E-state index in [4.69, 9.17) is 5.11 Å². The van der Waals surface area contributed by atoms with Crippen molar-refractivity contribution in [3.8, 4) is 0 Å². The van der Waals surface area contributed by atoms with Crippen LogP contribution in [0.3, 0.4) is 0 Å². The predicted octanol–water partition coefficient (Wildman–Crippen LogP) is 2.42. The fourth-order valence-electron chi connectivity index (χ4n) is 1.77. The average molecular weight is 285 g/mol. The van der Waals surface area contributed by atoms with Crippen molar-refractivity contribution in [3.05, 3.63) is 35.4 Å². The molecule has 0 bridgehead atoms. The molecule has 0 unspecified atom stereocenters. The van der Waals surface area contributed by atoms with Crippen LogP contribution in [0.4, 0.5) is 8.78 Å². The van der Waals surface area contributed by atoms with Gasteiger partial charge in [-0.05, 0) is 36.0 Å². The number of hydrogen-bond acceptors (Lipinski definition) is 2. The summed E-state index contributed by atoms with van der Waals surface area (Å²) in [5.41, 5.74) is 0.431. The van der Waals surface area contributed by atoms with Gasteiger partial charge in [-0.2, -0.15) is 0 Å². The highest BCUT2D eigenvalue weighted by Crippen LogP contribution is 2.18. The predicted molar refractivity (Wildman–Crippen MR) is 73.2 cm³/mol. The Bertz CT molecular complexity index is 461. The van der Waals surface area contributed by atoms with Gasteiger partial charge < -0.3 is 10.4 Å². The van der Waals surface area contributed by atoms with E-state index in [0.717, 1.165) is 12.1 Å². The summed E-state index contributed by atoms with van der Waals surface area (Å²) >= 11 is 0. The van der Waals surface area contributed by atoms with E-state index in [1.54, 1.807) is 0 Å². The molecule has 0 saturated heterocycles. The van der Waals surface area contributed by atoms with E-state index >= 15 is 0 Å². The molecule has 0 fully saturated rings. The Morgan fingerprint density at radius 2 is 2.00 bits per heavy atom. The zero-order valence-corrected chi connectivity index (χ0v) is 11.9. The zero-order chi connectivity index (χ0) is 15.2. The molecule has 0 aromatic heterocycles. The number of carbonyl (C=O) groups is 1. The van der Waals surface area contributed by atoms with Crippen molar-refractivity contribution in [2.75, 3.05) is 13.2 Å². The highest BCUT2D eigenvalue weighted by molar-refractivity contribution is 5.76. The fraction of sp³-hybridized carbons (Fsp3) is 0.533. The van der Waals surface area contributed by atoms with Crippen molar-refractivity contribution in [3.63, 3.8) is 0 Å². The van der Waals surface area contributed by atoms with Gasteiger partial charge in [-0.25, -0.2) is 8.78 Å². The molecule has 0 aliphatic heterocycles. The molecule has 5 heteroatoms. The van der Waals surface area contributed by atoms with Gasteiger partial charge >= 0.3 is 0 Å². The SMILES string of the molecule is CC(C)(CCO)CNC(=O)CCc1ccc(F)c(F)c1. The minimum atomic E-state index is -0.896. The monoisotopic (exact) mass is 285 g/mol. The van der Waals surface area contributed by atoms with Crippen LogP contribution in [0.5, 0.6) is 0 Å². The summed E-state index contributed by atoms with van der Waals surface area (Å²) in [7, 11) is 0. The number of aryl methyl sites for hydroxylation is 1. The molecule has 20 heavy (non-hydrogen) atoms. The Balaban J connectivity index is 2.38. The minimum absolute atomic E-state index is 0.0811. The summed E-state index contributed by atoms with van der Waals surface area (Å²) in [5.74, 6) is -1.92. The Morgan fingerprint density at radius 1 is 1.30 bits per heavy atom. The van der Waals surface area contributed by atoms with Crippen LogP contribution in [0.2, 0.25) is 0 Å². The first-order chi connectivity index (χ1) is 9.34. The van der Waals surface area contributed by atoms with Crippen molar-refractivity contribution < 1.29 is 18.7 Å².